The van der Waals surface area contributed by atoms with Crippen LogP contribution in [-0.4, -0.2) is 24.3 Å². The average Bonchev–Trinajstić information content (AvgIpc) is 3.49. The molecule has 1 aromatic carbocycles. The average molecular weight is 414 g/mol. The summed E-state index contributed by atoms with van der Waals surface area (Å²) in [6, 6.07) is 9.06. The summed E-state index contributed by atoms with van der Waals surface area (Å²) in [5.74, 6) is -0.629. The van der Waals surface area contributed by atoms with Crippen LogP contribution in [0.4, 0.5) is 4.39 Å². The maximum atomic E-state index is 14.6. The fraction of sp³-hybridized carbons (Fsp3) is 0.333. The largest absolute Gasteiger partial charge is 0.334 e. The molecule has 5 rings (SSSR count). The van der Waals surface area contributed by atoms with Crippen LogP contribution in [0, 0.1) is 22.6 Å². The van der Waals surface area contributed by atoms with E-state index in [0.29, 0.717) is 11.3 Å². The Kier molecular flexibility index (Phi) is 4.58. The minimum Gasteiger partial charge on any atom is -0.334 e. The Balaban J connectivity index is 1.60. The van der Waals surface area contributed by atoms with Crippen LogP contribution in [0.25, 0.3) is 33.4 Å². The van der Waals surface area contributed by atoms with Gasteiger partial charge < -0.3 is 4.57 Å². The molecule has 1 saturated carbocycles. The van der Waals surface area contributed by atoms with E-state index in [-0.39, 0.29) is 11.1 Å². The second-order valence-corrected chi connectivity index (χ2v) is 8.83. The van der Waals surface area contributed by atoms with Crippen LogP contribution in [0.5, 0.6) is 0 Å². The highest BCUT2D eigenvalue weighted by Gasteiger charge is 2.29. The summed E-state index contributed by atoms with van der Waals surface area (Å²) in [4.78, 5) is 8.79. The van der Waals surface area contributed by atoms with E-state index in [0.717, 1.165) is 28.7 Å². The van der Waals surface area contributed by atoms with Gasteiger partial charge in [-0.3, -0.25) is 4.68 Å². The molecule has 0 atom stereocenters. The molecule has 0 unspecified atom stereocenters. The van der Waals surface area contributed by atoms with Crippen molar-refractivity contribution >= 4 is 11.0 Å². The van der Waals surface area contributed by atoms with Crippen molar-refractivity contribution in [2.24, 2.45) is 12.5 Å². The zero-order chi connectivity index (χ0) is 21.6. The van der Waals surface area contributed by atoms with E-state index in [9.17, 15) is 9.65 Å². The molecule has 0 spiro atoms. The van der Waals surface area contributed by atoms with Crippen molar-refractivity contribution in [1.29, 1.82) is 5.26 Å². The fourth-order valence-electron chi connectivity index (χ4n) is 4.66. The van der Waals surface area contributed by atoms with E-state index in [4.69, 9.17) is 0 Å². The molecule has 7 heteroatoms. The molecule has 31 heavy (non-hydrogen) atoms. The van der Waals surface area contributed by atoms with E-state index in [2.05, 4.69) is 22.0 Å². The molecular weight excluding hydrogens is 391 g/mol. The maximum absolute atomic E-state index is 14.6. The Morgan fingerprint density at radius 2 is 2.00 bits per heavy atom. The molecule has 6 nitrogen and oxygen atoms in total. The number of rotatable bonds is 4. The van der Waals surface area contributed by atoms with Crippen LogP contribution in [-0.2, 0) is 13.6 Å². The number of nitriles is 1. The summed E-state index contributed by atoms with van der Waals surface area (Å²) >= 11 is 0. The molecular formula is C24H23FN6. The number of benzene rings is 1. The van der Waals surface area contributed by atoms with Gasteiger partial charge in [-0.05, 0) is 36.5 Å². The number of pyridine rings is 1. The van der Waals surface area contributed by atoms with Crippen molar-refractivity contribution in [2.75, 3.05) is 0 Å². The summed E-state index contributed by atoms with van der Waals surface area (Å²) in [7, 11) is 1.93. The second kappa shape index (κ2) is 7.31. The van der Waals surface area contributed by atoms with E-state index in [1.54, 1.807) is 12.5 Å². The maximum Gasteiger partial charge on any atom is 0.176 e. The number of nitrogens with zero attached hydrogens (tertiary/aromatic N) is 6. The Morgan fingerprint density at radius 1 is 1.19 bits per heavy atom. The molecule has 4 aromatic rings. The van der Waals surface area contributed by atoms with Crippen molar-refractivity contribution in [2.45, 2.75) is 39.2 Å². The first-order chi connectivity index (χ1) is 15.0. The monoisotopic (exact) mass is 414 g/mol. The number of hydrogen-bond donors (Lipinski definition) is 0. The minimum atomic E-state index is -0.629. The highest BCUT2D eigenvalue weighted by Crippen LogP contribution is 2.39. The van der Waals surface area contributed by atoms with Gasteiger partial charge in [0.2, 0.25) is 0 Å². The normalized spacial score (nSPS) is 15.4. The summed E-state index contributed by atoms with van der Waals surface area (Å²) in [6.07, 6.45) is 10.4. The lowest BCUT2D eigenvalue weighted by molar-refractivity contribution is 0.268. The second-order valence-electron chi connectivity index (χ2n) is 8.83. The van der Waals surface area contributed by atoms with Gasteiger partial charge in [0.1, 0.15) is 6.07 Å². The molecule has 0 radical (unpaired) electrons. The fourth-order valence-corrected chi connectivity index (χ4v) is 4.66. The zero-order valence-electron chi connectivity index (χ0n) is 17.6. The van der Waals surface area contributed by atoms with Crippen LogP contribution < -0.4 is 0 Å². The molecule has 0 amide bonds. The van der Waals surface area contributed by atoms with Gasteiger partial charge in [0, 0.05) is 36.5 Å². The van der Waals surface area contributed by atoms with Crippen molar-refractivity contribution in [1.82, 2.24) is 24.3 Å². The van der Waals surface area contributed by atoms with Crippen molar-refractivity contribution in [3.05, 3.63) is 54.5 Å². The first-order valence-electron chi connectivity index (χ1n) is 10.5. The van der Waals surface area contributed by atoms with E-state index in [1.807, 2.05) is 46.8 Å². The molecule has 1 fully saturated rings. The van der Waals surface area contributed by atoms with Gasteiger partial charge in [-0.15, -0.1) is 0 Å². The van der Waals surface area contributed by atoms with Gasteiger partial charge in [0.05, 0.1) is 29.3 Å². The van der Waals surface area contributed by atoms with Crippen molar-refractivity contribution in [3.8, 4) is 28.5 Å². The van der Waals surface area contributed by atoms with E-state index in [1.165, 1.54) is 31.7 Å². The Hall–Kier alpha value is -3.53. The molecule has 3 heterocycles. The van der Waals surface area contributed by atoms with Gasteiger partial charge in [-0.2, -0.15) is 10.4 Å². The van der Waals surface area contributed by atoms with Crippen molar-refractivity contribution < 1.29 is 4.39 Å². The predicted molar refractivity (Wildman–Crippen MR) is 116 cm³/mol. The van der Waals surface area contributed by atoms with Crippen LogP contribution in [0.1, 0.15) is 38.3 Å². The number of aromatic nitrogens is 5. The van der Waals surface area contributed by atoms with E-state index < -0.39 is 5.82 Å². The molecule has 0 N–H and O–H groups in total. The molecule has 0 saturated heterocycles. The number of fused-ring (bicyclic) bond motifs is 1. The van der Waals surface area contributed by atoms with Gasteiger partial charge in [-0.25, -0.2) is 14.4 Å². The third-order valence-corrected chi connectivity index (χ3v) is 6.38. The van der Waals surface area contributed by atoms with Gasteiger partial charge in [0.25, 0.3) is 0 Å². The molecule has 0 aliphatic heterocycles. The van der Waals surface area contributed by atoms with Crippen LogP contribution in [0.3, 0.4) is 0 Å². The van der Waals surface area contributed by atoms with Crippen molar-refractivity contribution in [3.63, 3.8) is 0 Å². The minimum absolute atomic E-state index is 0.217. The van der Waals surface area contributed by atoms with Gasteiger partial charge in [0.15, 0.2) is 11.5 Å². The Bertz CT molecular complexity index is 1320. The SMILES string of the molecule is Cn1cnc2cc(-c3nc(C#N)c(F)cc3-c3cnn(CC4(C)CCCC4)c3)ccc21. The summed E-state index contributed by atoms with van der Waals surface area (Å²) in [6.45, 7) is 3.15. The number of hydrogen-bond acceptors (Lipinski definition) is 4. The summed E-state index contributed by atoms with van der Waals surface area (Å²) < 4.78 is 18.4. The zero-order valence-corrected chi connectivity index (χ0v) is 17.6. The third-order valence-electron chi connectivity index (χ3n) is 6.38. The smallest absolute Gasteiger partial charge is 0.176 e. The van der Waals surface area contributed by atoms with Gasteiger partial charge >= 0.3 is 0 Å². The highest BCUT2D eigenvalue weighted by molar-refractivity contribution is 5.86. The Morgan fingerprint density at radius 3 is 2.77 bits per heavy atom. The molecule has 3 aromatic heterocycles. The number of imidazole rings is 1. The third kappa shape index (κ3) is 3.48. The first-order valence-corrected chi connectivity index (χ1v) is 10.5. The summed E-state index contributed by atoms with van der Waals surface area (Å²) in [5, 5.41) is 13.9. The van der Waals surface area contributed by atoms with Gasteiger partial charge in [-0.1, -0.05) is 25.8 Å². The lowest BCUT2D eigenvalue weighted by atomic mass is 9.89. The molecule has 0 bridgehead atoms. The van der Waals surface area contributed by atoms with E-state index >= 15 is 0 Å². The lowest BCUT2D eigenvalue weighted by Gasteiger charge is -2.22. The molecule has 1 aliphatic rings. The number of halogens is 1. The standard InChI is InChI=1S/C24H23FN6/c1-24(7-3-4-8-24)14-31-13-17(12-28-31)18-10-19(25)21(11-26)29-23(18)16-5-6-22-20(9-16)27-15-30(22)2/h5-6,9-10,12-13,15H,3-4,7-8,14H2,1-2H3. The number of aryl methyl sites for hydroxylation is 1. The van der Waals surface area contributed by atoms with Crippen LogP contribution in [0.2, 0.25) is 0 Å². The quantitative estimate of drug-likeness (QED) is 0.466. The lowest BCUT2D eigenvalue weighted by Crippen LogP contribution is -2.19. The summed E-state index contributed by atoms with van der Waals surface area (Å²) in [5.41, 5.74) is 4.59. The van der Waals surface area contributed by atoms with Crippen LogP contribution >= 0.6 is 0 Å². The predicted octanol–water partition coefficient (Wildman–Crippen LogP) is 5.09. The topological polar surface area (TPSA) is 72.3 Å². The molecule has 1 aliphatic carbocycles. The first kappa shape index (κ1) is 19.4. The molecule has 156 valence electrons. The van der Waals surface area contributed by atoms with Crippen LogP contribution in [0.15, 0.2) is 43.0 Å². The highest BCUT2D eigenvalue weighted by atomic mass is 19.1. The Labute approximate surface area is 180 Å².